The first-order valence-electron chi connectivity index (χ1n) is 9.60. The molecule has 0 aliphatic carbocycles. The van der Waals surface area contributed by atoms with Crippen LogP contribution in [0.5, 0.6) is 0 Å². The summed E-state index contributed by atoms with van der Waals surface area (Å²) in [6.07, 6.45) is 3.81. The number of sulfonamides is 1. The van der Waals surface area contributed by atoms with E-state index < -0.39 is 10.0 Å². The van der Waals surface area contributed by atoms with E-state index in [1.165, 1.54) is 23.4 Å². The van der Waals surface area contributed by atoms with Crippen molar-refractivity contribution in [1.82, 2.24) is 24.6 Å². The second-order valence-corrected chi connectivity index (χ2v) is 9.07. The zero-order valence-corrected chi connectivity index (χ0v) is 17.0. The fourth-order valence-electron chi connectivity index (χ4n) is 3.60. The van der Waals surface area contributed by atoms with Gasteiger partial charge in [-0.3, -0.25) is 4.99 Å². The molecule has 1 atom stereocenters. The summed E-state index contributed by atoms with van der Waals surface area (Å²) < 4.78 is 31.4. The van der Waals surface area contributed by atoms with Crippen LogP contribution in [0.3, 0.4) is 0 Å². The maximum absolute atomic E-state index is 12.6. The Balaban J connectivity index is 1.57. The SMILES string of the molecule is CCNC(=NCC1CCCN1C)N1CCN(S(=O)(=O)Cc2ccon2)CC1. The molecule has 10 heteroatoms. The molecule has 0 spiro atoms. The first kappa shape index (κ1) is 20.1. The molecule has 3 heterocycles. The summed E-state index contributed by atoms with van der Waals surface area (Å²) in [5.74, 6) is 0.762. The second kappa shape index (κ2) is 9.03. The molecule has 2 aliphatic heterocycles. The Morgan fingerprint density at radius 3 is 2.70 bits per heavy atom. The summed E-state index contributed by atoms with van der Waals surface area (Å²) in [5.41, 5.74) is 0.438. The van der Waals surface area contributed by atoms with E-state index in [9.17, 15) is 8.42 Å². The molecule has 0 amide bonds. The Hall–Kier alpha value is -1.65. The van der Waals surface area contributed by atoms with Gasteiger partial charge in [0.05, 0.1) is 12.2 Å². The van der Waals surface area contributed by atoms with Crippen LogP contribution in [0.2, 0.25) is 0 Å². The van der Waals surface area contributed by atoms with Crippen LogP contribution in [0.4, 0.5) is 0 Å². The molecule has 0 radical (unpaired) electrons. The molecular weight excluding hydrogens is 368 g/mol. The summed E-state index contributed by atoms with van der Waals surface area (Å²) in [7, 11) is -1.23. The maximum atomic E-state index is 12.6. The van der Waals surface area contributed by atoms with Gasteiger partial charge in [-0.15, -0.1) is 0 Å². The van der Waals surface area contributed by atoms with Crippen molar-refractivity contribution >= 4 is 16.0 Å². The lowest BCUT2D eigenvalue weighted by molar-refractivity contribution is 0.258. The molecule has 0 bridgehead atoms. The van der Waals surface area contributed by atoms with E-state index in [0.29, 0.717) is 37.9 Å². The first-order valence-corrected chi connectivity index (χ1v) is 11.2. The van der Waals surface area contributed by atoms with Crippen LogP contribution in [0.1, 0.15) is 25.5 Å². The zero-order chi connectivity index (χ0) is 19.3. The minimum absolute atomic E-state index is 0.119. The zero-order valence-electron chi connectivity index (χ0n) is 16.2. The number of aliphatic imine (C=N–C) groups is 1. The highest BCUT2D eigenvalue weighted by atomic mass is 32.2. The highest BCUT2D eigenvalue weighted by Crippen LogP contribution is 2.16. The number of hydrogen-bond acceptors (Lipinski definition) is 6. The fraction of sp³-hybridized carbons (Fsp3) is 0.765. The lowest BCUT2D eigenvalue weighted by Gasteiger charge is -2.36. The lowest BCUT2D eigenvalue weighted by Crippen LogP contribution is -2.54. The molecule has 1 N–H and O–H groups in total. The van der Waals surface area contributed by atoms with Gasteiger partial charge in [-0.05, 0) is 33.4 Å². The van der Waals surface area contributed by atoms with Gasteiger partial charge in [-0.25, -0.2) is 8.42 Å². The predicted molar refractivity (Wildman–Crippen MR) is 104 cm³/mol. The van der Waals surface area contributed by atoms with Crippen LogP contribution in [0.15, 0.2) is 21.8 Å². The highest BCUT2D eigenvalue weighted by molar-refractivity contribution is 7.88. The molecule has 2 aliphatic rings. The van der Waals surface area contributed by atoms with Crippen LogP contribution in [0, 0.1) is 0 Å². The largest absolute Gasteiger partial charge is 0.364 e. The minimum atomic E-state index is -3.38. The van der Waals surface area contributed by atoms with Gasteiger partial charge in [0.1, 0.15) is 12.0 Å². The van der Waals surface area contributed by atoms with Crippen molar-refractivity contribution in [3.05, 3.63) is 18.0 Å². The molecular formula is C17H30N6O3S. The number of aromatic nitrogens is 1. The normalized spacial score (nSPS) is 23.1. The Kier molecular flexibility index (Phi) is 6.72. The average Bonchev–Trinajstić information content (AvgIpc) is 3.30. The Morgan fingerprint density at radius 1 is 1.33 bits per heavy atom. The van der Waals surface area contributed by atoms with Gasteiger partial charge >= 0.3 is 0 Å². The second-order valence-electron chi connectivity index (χ2n) is 7.10. The van der Waals surface area contributed by atoms with Gasteiger partial charge in [0, 0.05) is 44.8 Å². The van der Waals surface area contributed by atoms with E-state index in [-0.39, 0.29) is 5.75 Å². The molecule has 1 unspecified atom stereocenters. The molecule has 1 aromatic heterocycles. The van der Waals surface area contributed by atoms with Crippen molar-refractivity contribution in [1.29, 1.82) is 0 Å². The van der Waals surface area contributed by atoms with Crippen LogP contribution < -0.4 is 5.32 Å². The Labute approximate surface area is 161 Å². The van der Waals surface area contributed by atoms with Crippen molar-refractivity contribution in [3.63, 3.8) is 0 Å². The molecule has 3 rings (SSSR count). The van der Waals surface area contributed by atoms with Gasteiger partial charge in [0.2, 0.25) is 10.0 Å². The van der Waals surface area contributed by atoms with Gasteiger partial charge in [0.15, 0.2) is 5.96 Å². The van der Waals surface area contributed by atoms with E-state index in [4.69, 9.17) is 9.52 Å². The van der Waals surface area contributed by atoms with E-state index in [1.54, 1.807) is 6.07 Å². The van der Waals surface area contributed by atoms with Crippen LogP contribution in [0.25, 0.3) is 0 Å². The molecule has 2 saturated heterocycles. The molecule has 9 nitrogen and oxygen atoms in total. The first-order chi connectivity index (χ1) is 13.0. The summed E-state index contributed by atoms with van der Waals surface area (Å²) in [4.78, 5) is 9.33. The number of piperazine rings is 1. The third kappa shape index (κ3) is 5.20. The van der Waals surface area contributed by atoms with Crippen molar-refractivity contribution < 1.29 is 12.9 Å². The van der Waals surface area contributed by atoms with Crippen molar-refractivity contribution in [2.75, 3.05) is 52.9 Å². The number of nitrogens with zero attached hydrogens (tertiary/aromatic N) is 5. The predicted octanol–water partition coefficient (Wildman–Crippen LogP) is 0.182. The van der Waals surface area contributed by atoms with E-state index in [0.717, 1.165) is 25.6 Å². The number of nitrogens with one attached hydrogen (secondary N) is 1. The van der Waals surface area contributed by atoms with Crippen LogP contribution in [-0.4, -0.2) is 92.5 Å². The number of hydrogen-bond donors (Lipinski definition) is 1. The van der Waals surface area contributed by atoms with Crippen LogP contribution >= 0.6 is 0 Å². The van der Waals surface area contributed by atoms with Crippen molar-refractivity contribution in [2.24, 2.45) is 4.99 Å². The van der Waals surface area contributed by atoms with Gasteiger partial charge in [0.25, 0.3) is 0 Å². The van der Waals surface area contributed by atoms with E-state index in [2.05, 4.69) is 34.2 Å². The standard InChI is InChI=1S/C17H30N6O3S/c1-3-18-17(19-13-16-5-4-7-21(16)2)22-8-10-23(11-9-22)27(24,25)14-15-6-12-26-20-15/h6,12,16H,3-5,7-11,13-14H2,1-2H3,(H,18,19). The van der Waals surface area contributed by atoms with E-state index in [1.807, 2.05) is 0 Å². The quantitative estimate of drug-likeness (QED) is 0.540. The molecule has 0 saturated carbocycles. The van der Waals surface area contributed by atoms with Gasteiger partial charge in [-0.1, -0.05) is 5.16 Å². The number of rotatable bonds is 6. The maximum Gasteiger partial charge on any atom is 0.220 e. The number of likely N-dealkylation sites (tertiary alicyclic amines) is 1. The smallest absolute Gasteiger partial charge is 0.220 e. The molecule has 1 aromatic rings. The lowest BCUT2D eigenvalue weighted by atomic mass is 10.2. The van der Waals surface area contributed by atoms with Gasteiger partial charge in [-0.2, -0.15) is 4.31 Å². The summed E-state index contributed by atoms with van der Waals surface area (Å²) >= 11 is 0. The topological polar surface area (TPSA) is 94.3 Å². The molecule has 152 valence electrons. The minimum Gasteiger partial charge on any atom is -0.364 e. The molecule has 27 heavy (non-hydrogen) atoms. The molecule has 0 aromatic carbocycles. The van der Waals surface area contributed by atoms with Crippen LogP contribution in [-0.2, 0) is 15.8 Å². The monoisotopic (exact) mass is 398 g/mol. The average molecular weight is 399 g/mol. The van der Waals surface area contributed by atoms with Gasteiger partial charge < -0.3 is 19.6 Å². The summed E-state index contributed by atoms with van der Waals surface area (Å²) in [6.45, 7) is 6.93. The fourth-order valence-corrected chi connectivity index (χ4v) is 5.02. The Bertz CT molecular complexity index is 713. The Morgan fingerprint density at radius 2 is 2.11 bits per heavy atom. The van der Waals surface area contributed by atoms with Crippen molar-refractivity contribution in [3.8, 4) is 0 Å². The number of likely N-dealkylation sites (N-methyl/N-ethyl adjacent to an activating group) is 1. The molecule has 2 fully saturated rings. The van der Waals surface area contributed by atoms with E-state index >= 15 is 0 Å². The summed E-state index contributed by atoms with van der Waals surface area (Å²) in [5, 5.41) is 7.06. The van der Waals surface area contributed by atoms with Crippen molar-refractivity contribution in [2.45, 2.75) is 31.6 Å². The third-order valence-electron chi connectivity index (χ3n) is 5.21. The summed E-state index contributed by atoms with van der Waals surface area (Å²) in [6, 6.07) is 2.09. The third-order valence-corrected chi connectivity index (χ3v) is 7.02. The number of guanidine groups is 1. The highest BCUT2D eigenvalue weighted by Gasteiger charge is 2.29.